The molecule has 0 unspecified atom stereocenters. The maximum atomic E-state index is 5.13. The van der Waals surface area contributed by atoms with Gasteiger partial charge in [0, 0.05) is 35.3 Å². The van der Waals surface area contributed by atoms with E-state index < -0.39 is 0 Å². The van der Waals surface area contributed by atoms with Gasteiger partial charge in [0.25, 0.3) is 0 Å². The summed E-state index contributed by atoms with van der Waals surface area (Å²) < 4.78 is 5.13. The van der Waals surface area contributed by atoms with Gasteiger partial charge in [-0.05, 0) is 11.1 Å². The molecule has 0 spiro atoms. The highest BCUT2D eigenvalue weighted by Crippen LogP contribution is 2.08. The van der Waals surface area contributed by atoms with Gasteiger partial charge in [-0.3, -0.25) is 0 Å². The van der Waals surface area contributed by atoms with E-state index in [9.17, 15) is 0 Å². The number of aliphatic imine (C=N–C) groups is 1. The molecule has 0 aliphatic carbocycles. The summed E-state index contributed by atoms with van der Waals surface area (Å²) in [7, 11) is 9.71. The maximum Gasteiger partial charge on any atom is 0.195 e. The fraction of sp³-hybridized carbons (Fsp3) is 0.500. The molecule has 18 heavy (non-hydrogen) atoms. The quantitative estimate of drug-likeness (QED) is 0.602. The van der Waals surface area contributed by atoms with Crippen LogP contribution in [0.15, 0.2) is 29.3 Å². The van der Waals surface area contributed by atoms with Crippen LogP contribution in [-0.2, 0) is 17.9 Å². The summed E-state index contributed by atoms with van der Waals surface area (Å²) >= 11 is 0. The molecule has 1 aromatic rings. The third-order valence-corrected chi connectivity index (χ3v) is 2.51. The second kappa shape index (κ2) is 7.01. The average molecular weight is 249 g/mol. The van der Waals surface area contributed by atoms with Crippen molar-refractivity contribution in [2.45, 2.75) is 13.2 Å². The molecule has 0 bridgehead atoms. The number of nitrogens with zero attached hydrogens (tertiary/aromatic N) is 3. The maximum absolute atomic E-state index is 5.13. The number of hydrogen-bond donors (Lipinski definition) is 0. The van der Waals surface area contributed by atoms with Crippen LogP contribution in [0.25, 0.3) is 0 Å². The van der Waals surface area contributed by atoms with Gasteiger partial charge >= 0.3 is 0 Å². The fourth-order valence-electron chi connectivity index (χ4n) is 1.83. The van der Waals surface area contributed by atoms with Gasteiger partial charge in [0.05, 0.1) is 13.2 Å². The van der Waals surface area contributed by atoms with Crippen LogP contribution >= 0.6 is 0 Å². The SMILES string of the molecule is COCc1cccc(CN=C(N(C)C)N(C)C)c1. The molecule has 1 rings (SSSR count). The summed E-state index contributed by atoms with van der Waals surface area (Å²) in [4.78, 5) is 8.65. The van der Waals surface area contributed by atoms with Gasteiger partial charge in [-0.15, -0.1) is 0 Å². The largest absolute Gasteiger partial charge is 0.380 e. The summed E-state index contributed by atoms with van der Waals surface area (Å²) in [6.07, 6.45) is 0. The third kappa shape index (κ3) is 4.37. The summed E-state index contributed by atoms with van der Waals surface area (Å²) in [5.74, 6) is 0.965. The molecule has 0 amide bonds. The summed E-state index contributed by atoms with van der Waals surface area (Å²) in [5, 5.41) is 0. The normalized spacial score (nSPS) is 10.1. The molecular formula is C14H23N3O. The van der Waals surface area contributed by atoms with Gasteiger partial charge in [-0.25, -0.2) is 4.99 Å². The van der Waals surface area contributed by atoms with E-state index >= 15 is 0 Å². The Bertz CT molecular complexity index is 390. The predicted molar refractivity (Wildman–Crippen MR) is 75.7 cm³/mol. The van der Waals surface area contributed by atoms with E-state index in [0.717, 1.165) is 5.96 Å². The van der Waals surface area contributed by atoms with Gasteiger partial charge in [-0.2, -0.15) is 0 Å². The summed E-state index contributed by atoms with van der Waals surface area (Å²) in [6.45, 7) is 1.33. The number of rotatable bonds is 4. The molecule has 0 aliphatic rings. The molecule has 0 heterocycles. The first-order chi connectivity index (χ1) is 8.54. The predicted octanol–water partition coefficient (Wildman–Crippen LogP) is 1.81. The van der Waals surface area contributed by atoms with E-state index in [2.05, 4.69) is 23.2 Å². The Kier molecular flexibility index (Phi) is 5.65. The molecule has 4 nitrogen and oxygen atoms in total. The second-order valence-electron chi connectivity index (χ2n) is 4.66. The lowest BCUT2D eigenvalue weighted by atomic mass is 10.1. The molecule has 0 aromatic heterocycles. The lowest BCUT2D eigenvalue weighted by molar-refractivity contribution is 0.185. The third-order valence-electron chi connectivity index (χ3n) is 2.51. The molecule has 0 radical (unpaired) electrons. The lowest BCUT2D eigenvalue weighted by Crippen LogP contribution is -2.35. The van der Waals surface area contributed by atoms with E-state index in [-0.39, 0.29) is 0 Å². The molecule has 0 saturated carbocycles. The van der Waals surface area contributed by atoms with Gasteiger partial charge in [-0.1, -0.05) is 24.3 Å². The molecule has 100 valence electrons. The molecule has 0 saturated heterocycles. The highest BCUT2D eigenvalue weighted by atomic mass is 16.5. The fourth-order valence-corrected chi connectivity index (χ4v) is 1.83. The number of ether oxygens (including phenoxy) is 1. The van der Waals surface area contributed by atoms with Crippen molar-refractivity contribution >= 4 is 5.96 Å². The van der Waals surface area contributed by atoms with E-state index in [1.54, 1.807) is 7.11 Å². The lowest BCUT2D eigenvalue weighted by Gasteiger charge is -2.22. The van der Waals surface area contributed by atoms with Crippen LogP contribution in [0.1, 0.15) is 11.1 Å². The van der Waals surface area contributed by atoms with Crippen molar-refractivity contribution in [2.24, 2.45) is 4.99 Å². The van der Waals surface area contributed by atoms with Crippen molar-refractivity contribution in [1.29, 1.82) is 0 Å². The smallest absolute Gasteiger partial charge is 0.195 e. The van der Waals surface area contributed by atoms with Crippen molar-refractivity contribution in [3.8, 4) is 0 Å². The van der Waals surface area contributed by atoms with E-state index in [0.29, 0.717) is 13.2 Å². The molecule has 0 fully saturated rings. The van der Waals surface area contributed by atoms with Crippen LogP contribution in [0, 0.1) is 0 Å². The Morgan fingerprint density at radius 2 is 1.72 bits per heavy atom. The van der Waals surface area contributed by atoms with Crippen LogP contribution in [0.4, 0.5) is 0 Å². The van der Waals surface area contributed by atoms with Crippen molar-refractivity contribution in [3.63, 3.8) is 0 Å². The monoisotopic (exact) mass is 249 g/mol. The van der Waals surface area contributed by atoms with Gasteiger partial charge in [0.1, 0.15) is 0 Å². The number of benzene rings is 1. The zero-order chi connectivity index (χ0) is 13.5. The zero-order valence-electron chi connectivity index (χ0n) is 12.0. The van der Waals surface area contributed by atoms with Crippen LogP contribution in [0.2, 0.25) is 0 Å². The number of hydrogen-bond acceptors (Lipinski definition) is 2. The first-order valence-electron chi connectivity index (χ1n) is 6.00. The summed E-state index contributed by atoms with van der Waals surface area (Å²) in [5.41, 5.74) is 2.38. The van der Waals surface area contributed by atoms with Gasteiger partial charge in [0.15, 0.2) is 5.96 Å². The Balaban J connectivity index is 2.77. The topological polar surface area (TPSA) is 28.1 Å². The molecule has 0 aliphatic heterocycles. The van der Waals surface area contributed by atoms with Crippen molar-refractivity contribution in [3.05, 3.63) is 35.4 Å². The van der Waals surface area contributed by atoms with Crippen LogP contribution in [0.3, 0.4) is 0 Å². The Labute approximate surface area is 110 Å². The minimum atomic E-state index is 0.645. The minimum Gasteiger partial charge on any atom is -0.380 e. The highest BCUT2D eigenvalue weighted by molar-refractivity contribution is 5.79. The average Bonchev–Trinajstić information content (AvgIpc) is 2.29. The molecule has 4 heteroatoms. The van der Waals surface area contributed by atoms with E-state index in [1.807, 2.05) is 44.1 Å². The first kappa shape index (κ1) is 14.5. The molecule has 1 aromatic carbocycles. The van der Waals surface area contributed by atoms with Crippen LogP contribution < -0.4 is 0 Å². The van der Waals surface area contributed by atoms with Crippen molar-refractivity contribution < 1.29 is 4.74 Å². The van der Waals surface area contributed by atoms with Crippen LogP contribution in [-0.4, -0.2) is 51.1 Å². The Morgan fingerprint density at radius 1 is 1.11 bits per heavy atom. The number of guanidine groups is 1. The standard InChI is InChI=1S/C14H23N3O/c1-16(2)14(17(3)4)15-10-12-7-6-8-13(9-12)11-18-5/h6-9H,10-11H2,1-5H3. The van der Waals surface area contributed by atoms with Gasteiger partial charge < -0.3 is 14.5 Å². The van der Waals surface area contributed by atoms with E-state index in [4.69, 9.17) is 4.74 Å². The zero-order valence-corrected chi connectivity index (χ0v) is 12.0. The Hall–Kier alpha value is -1.55. The Morgan fingerprint density at radius 3 is 2.28 bits per heavy atom. The number of methoxy groups -OCH3 is 1. The van der Waals surface area contributed by atoms with Crippen molar-refractivity contribution in [2.75, 3.05) is 35.3 Å². The minimum absolute atomic E-state index is 0.645. The molecule has 0 N–H and O–H groups in total. The van der Waals surface area contributed by atoms with Crippen LogP contribution in [0.5, 0.6) is 0 Å². The van der Waals surface area contributed by atoms with Crippen molar-refractivity contribution in [1.82, 2.24) is 9.80 Å². The molecular weight excluding hydrogens is 226 g/mol. The second-order valence-corrected chi connectivity index (χ2v) is 4.66. The summed E-state index contributed by atoms with van der Waals surface area (Å²) in [6, 6.07) is 8.33. The first-order valence-corrected chi connectivity index (χ1v) is 6.00. The highest BCUT2D eigenvalue weighted by Gasteiger charge is 2.03. The van der Waals surface area contributed by atoms with E-state index in [1.165, 1.54) is 11.1 Å². The van der Waals surface area contributed by atoms with Gasteiger partial charge in [0.2, 0.25) is 0 Å². The molecule has 0 atom stereocenters.